The molecule has 0 aromatic rings. The lowest BCUT2D eigenvalue weighted by molar-refractivity contribution is -0.136. The molecule has 6 nitrogen and oxygen atoms in total. The number of nitrogens with zero attached hydrogens (tertiary/aromatic N) is 2. The summed E-state index contributed by atoms with van der Waals surface area (Å²) in [5.74, 6) is -0.207. The quantitative estimate of drug-likeness (QED) is 0.629. The van der Waals surface area contributed by atoms with Crippen LogP contribution in [0.25, 0.3) is 0 Å². The van der Waals surface area contributed by atoms with Gasteiger partial charge in [0.05, 0.1) is 19.2 Å². The van der Waals surface area contributed by atoms with Gasteiger partial charge in [-0.3, -0.25) is 14.5 Å². The van der Waals surface area contributed by atoms with E-state index in [1.54, 1.807) is 6.92 Å². The Morgan fingerprint density at radius 1 is 1.20 bits per heavy atom. The number of hydrogen-bond acceptors (Lipinski definition) is 4. The molecule has 6 heteroatoms. The fourth-order valence-corrected chi connectivity index (χ4v) is 1.73. The average molecular weight is 287 g/mol. The number of nitrogens with one attached hydrogen (secondary N) is 1. The molecule has 0 saturated heterocycles. The number of aliphatic hydroxyl groups excluding tert-OH is 1. The Bertz CT molecular complexity index is 306. The maximum absolute atomic E-state index is 12.1. The van der Waals surface area contributed by atoms with Crippen LogP contribution < -0.4 is 5.32 Å². The Morgan fingerprint density at radius 2 is 1.80 bits per heavy atom. The number of carbonyl (C=O) groups excluding carboxylic acids is 2. The van der Waals surface area contributed by atoms with E-state index in [-0.39, 0.29) is 37.0 Å². The lowest BCUT2D eigenvalue weighted by Gasteiger charge is -2.24. The molecule has 0 heterocycles. The molecule has 0 rings (SSSR count). The van der Waals surface area contributed by atoms with Crippen LogP contribution in [0, 0.1) is 0 Å². The molecule has 1 atom stereocenters. The largest absolute Gasteiger partial charge is 0.393 e. The second-order valence-electron chi connectivity index (χ2n) is 5.51. The van der Waals surface area contributed by atoms with Crippen molar-refractivity contribution in [3.05, 3.63) is 0 Å². The number of hydrogen-bond donors (Lipinski definition) is 2. The molecule has 0 aromatic carbocycles. The molecule has 1 unspecified atom stereocenters. The monoisotopic (exact) mass is 287 g/mol. The number of likely N-dealkylation sites (N-methyl/N-ethyl adjacent to an activating group) is 2. The van der Waals surface area contributed by atoms with Crippen molar-refractivity contribution in [1.29, 1.82) is 0 Å². The SMILES string of the molecule is CCN(CC(=O)NC(C)C)C(=O)CN(C)CCC(C)O. The first-order chi connectivity index (χ1) is 9.26. The molecule has 0 aromatic heterocycles. The van der Waals surface area contributed by atoms with E-state index in [9.17, 15) is 14.7 Å². The highest BCUT2D eigenvalue weighted by Gasteiger charge is 2.17. The van der Waals surface area contributed by atoms with Crippen molar-refractivity contribution < 1.29 is 14.7 Å². The van der Waals surface area contributed by atoms with Crippen LogP contribution in [0.3, 0.4) is 0 Å². The maximum atomic E-state index is 12.1. The molecule has 118 valence electrons. The van der Waals surface area contributed by atoms with Gasteiger partial charge in [0.25, 0.3) is 0 Å². The molecule has 0 aliphatic heterocycles. The minimum absolute atomic E-state index is 0.0699. The van der Waals surface area contributed by atoms with Gasteiger partial charge in [-0.1, -0.05) is 0 Å². The van der Waals surface area contributed by atoms with Crippen molar-refractivity contribution in [3.63, 3.8) is 0 Å². The van der Waals surface area contributed by atoms with Crippen LogP contribution >= 0.6 is 0 Å². The molecular weight excluding hydrogens is 258 g/mol. The van der Waals surface area contributed by atoms with E-state index in [4.69, 9.17) is 0 Å². The minimum atomic E-state index is -0.369. The van der Waals surface area contributed by atoms with Gasteiger partial charge in [0, 0.05) is 19.1 Å². The lowest BCUT2D eigenvalue weighted by atomic mass is 10.2. The third-order valence-electron chi connectivity index (χ3n) is 2.85. The van der Waals surface area contributed by atoms with Gasteiger partial charge in [0.1, 0.15) is 0 Å². The number of amides is 2. The Balaban J connectivity index is 4.23. The molecular formula is C14H29N3O3. The van der Waals surface area contributed by atoms with Crippen LogP contribution in [0.2, 0.25) is 0 Å². The van der Waals surface area contributed by atoms with Gasteiger partial charge in [-0.05, 0) is 41.2 Å². The van der Waals surface area contributed by atoms with E-state index in [2.05, 4.69) is 5.32 Å². The van der Waals surface area contributed by atoms with Gasteiger partial charge in [-0.25, -0.2) is 0 Å². The second kappa shape index (κ2) is 9.72. The lowest BCUT2D eigenvalue weighted by Crippen LogP contribution is -2.45. The fourth-order valence-electron chi connectivity index (χ4n) is 1.73. The predicted octanol–water partition coefficient (Wildman–Crippen LogP) is 0.0622. The third-order valence-corrected chi connectivity index (χ3v) is 2.85. The van der Waals surface area contributed by atoms with Gasteiger partial charge in [-0.2, -0.15) is 0 Å². The number of aliphatic hydroxyl groups is 1. The highest BCUT2D eigenvalue weighted by Crippen LogP contribution is 1.97. The van der Waals surface area contributed by atoms with E-state index >= 15 is 0 Å². The minimum Gasteiger partial charge on any atom is -0.393 e. The van der Waals surface area contributed by atoms with E-state index in [1.807, 2.05) is 32.7 Å². The van der Waals surface area contributed by atoms with E-state index in [0.717, 1.165) is 0 Å². The van der Waals surface area contributed by atoms with Gasteiger partial charge in [-0.15, -0.1) is 0 Å². The summed E-state index contributed by atoms with van der Waals surface area (Å²) in [6.07, 6.45) is 0.260. The Kier molecular flexibility index (Phi) is 9.16. The maximum Gasteiger partial charge on any atom is 0.239 e. The summed E-state index contributed by atoms with van der Waals surface area (Å²) in [7, 11) is 1.84. The van der Waals surface area contributed by atoms with Crippen molar-refractivity contribution in [2.75, 3.05) is 33.2 Å². The van der Waals surface area contributed by atoms with Crippen LogP contribution in [0.15, 0.2) is 0 Å². The molecule has 2 amide bonds. The zero-order chi connectivity index (χ0) is 15.7. The zero-order valence-corrected chi connectivity index (χ0v) is 13.3. The normalized spacial score (nSPS) is 12.6. The fraction of sp³-hybridized carbons (Fsp3) is 0.857. The topological polar surface area (TPSA) is 72.9 Å². The second-order valence-corrected chi connectivity index (χ2v) is 5.51. The highest BCUT2D eigenvalue weighted by molar-refractivity contribution is 5.85. The molecule has 0 aliphatic rings. The summed E-state index contributed by atoms with van der Waals surface area (Å²) in [4.78, 5) is 27.2. The standard InChI is InChI=1S/C14H29N3O3/c1-6-17(9-13(19)15-11(2)3)14(20)10-16(5)8-7-12(4)18/h11-12,18H,6-10H2,1-5H3,(H,15,19). The smallest absolute Gasteiger partial charge is 0.239 e. The van der Waals surface area contributed by atoms with E-state index < -0.39 is 0 Å². The van der Waals surface area contributed by atoms with Crippen molar-refractivity contribution in [3.8, 4) is 0 Å². The molecule has 0 saturated carbocycles. The molecule has 0 aliphatic carbocycles. The van der Waals surface area contributed by atoms with Crippen LogP contribution in [-0.4, -0.2) is 72.1 Å². The first kappa shape index (κ1) is 18.9. The van der Waals surface area contributed by atoms with Crippen LogP contribution in [0.4, 0.5) is 0 Å². The average Bonchev–Trinajstić information content (AvgIpc) is 2.32. The molecule has 0 radical (unpaired) electrons. The summed E-state index contributed by atoms with van der Waals surface area (Å²) < 4.78 is 0. The summed E-state index contributed by atoms with van der Waals surface area (Å²) in [6, 6.07) is 0.0741. The summed E-state index contributed by atoms with van der Waals surface area (Å²) in [5.41, 5.74) is 0. The molecule has 2 N–H and O–H groups in total. The van der Waals surface area contributed by atoms with Crippen LogP contribution in [0.5, 0.6) is 0 Å². The van der Waals surface area contributed by atoms with E-state index in [1.165, 1.54) is 4.90 Å². The third kappa shape index (κ3) is 8.87. The van der Waals surface area contributed by atoms with Crippen molar-refractivity contribution in [1.82, 2.24) is 15.1 Å². The van der Waals surface area contributed by atoms with Crippen LogP contribution in [-0.2, 0) is 9.59 Å². The Morgan fingerprint density at radius 3 is 2.25 bits per heavy atom. The predicted molar refractivity (Wildman–Crippen MR) is 79.3 cm³/mol. The Hall–Kier alpha value is -1.14. The molecule has 0 spiro atoms. The number of carbonyl (C=O) groups is 2. The first-order valence-corrected chi connectivity index (χ1v) is 7.20. The molecule has 0 bridgehead atoms. The highest BCUT2D eigenvalue weighted by atomic mass is 16.3. The number of rotatable bonds is 9. The first-order valence-electron chi connectivity index (χ1n) is 7.20. The summed E-state index contributed by atoms with van der Waals surface area (Å²) in [5, 5.41) is 12.0. The zero-order valence-electron chi connectivity index (χ0n) is 13.3. The van der Waals surface area contributed by atoms with Crippen molar-refractivity contribution in [2.24, 2.45) is 0 Å². The van der Waals surface area contributed by atoms with Gasteiger partial charge < -0.3 is 15.3 Å². The summed E-state index contributed by atoms with van der Waals surface area (Å²) >= 11 is 0. The molecule has 20 heavy (non-hydrogen) atoms. The molecule has 0 fully saturated rings. The van der Waals surface area contributed by atoms with Gasteiger partial charge >= 0.3 is 0 Å². The van der Waals surface area contributed by atoms with Crippen molar-refractivity contribution in [2.45, 2.75) is 46.3 Å². The summed E-state index contributed by atoms with van der Waals surface area (Å²) in [6.45, 7) is 8.88. The van der Waals surface area contributed by atoms with Crippen molar-refractivity contribution >= 4 is 11.8 Å². The van der Waals surface area contributed by atoms with Crippen LogP contribution in [0.1, 0.15) is 34.1 Å². The van der Waals surface area contributed by atoms with E-state index in [0.29, 0.717) is 19.5 Å². The van der Waals surface area contributed by atoms with Gasteiger partial charge in [0.2, 0.25) is 11.8 Å². The Labute approximate surface area is 122 Å². The van der Waals surface area contributed by atoms with Gasteiger partial charge in [0.15, 0.2) is 0 Å².